The lowest BCUT2D eigenvalue weighted by atomic mass is 9.87. The van der Waals surface area contributed by atoms with E-state index in [1.807, 2.05) is 43.3 Å². The number of aromatic amines is 1. The highest BCUT2D eigenvalue weighted by Crippen LogP contribution is 2.41. The van der Waals surface area contributed by atoms with Gasteiger partial charge in [-0.05, 0) is 72.3 Å². The van der Waals surface area contributed by atoms with E-state index < -0.39 is 6.04 Å². The summed E-state index contributed by atoms with van der Waals surface area (Å²) in [5.41, 5.74) is 4.52. The molecule has 0 radical (unpaired) electrons. The molecular weight excluding hydrogens is 430 g/mol. The summed E-state index contributed by atoms with van der Waals surface area (Å²) in [5.74, 6) is 1.02. The first-order valence-corrected chi connectivity index (χ1v) is 11.1. The van der Waals surface area contributed by atoms with E-state index >= 15 is 0 Å². The van der Waals surface area contributed by atoms with Crippen LogP contribution in [-0.4, -0.2) is 41.5 Å². The standard InChI is InChI=1S/C27H25N3O4/c1-16-4-5-22-19(12-16)13-21(26(31)29-22)25-20-15-24(34-3)23(33-2)14-18(20)8-11-30(25)27(32)17-6-9-28-10-7-17/h4-7,9-10,12-15,25H,8,11H2,1-3H3,(H,29,31)/t25-/m0/s1. The highest BCUT2D eigenvalue weighted by molar-refractivity contribution is 5.95. The largest absolute Gasteiger partial charge is 0.493 e. The molecule has 2 aromatic heterocycles. The van der Waals surface area contributed by atoms with Crippen molar-refractivity contribution in [3.63, 3.8) is 0 Å². The molecule has 4 aromatic rings. The van der Waals surface area contributed by atoms with Crippen molar-refractivity contribution in [1.29, 1.82) is 0 Å². The van der Waals surface area contributed by atoms with Crippen LogP contribution in [0.25, 0.3) is 10.9 Å². The number of fused-ring (bicyclic) bond motifs is 2. The minimum absolute atomic E-state index is 0.156. The predicted molar refractivity (Wildman–Crippen MR) is 130 cm³/mol. The fourth-order valence-electron chi connectivity index (χ4n) is 4.71. The lowest BCUT2D eigenvalue weighted by molar-refractivity contribution is 0.0693. The van der Waals surface area contributed by atoms with Gasteiger partial charge in [0.2, 0.25) is 0 Å². The van der Waals surface area contributed by atoms with Crippen LogP contribution in [-0.2, 0) is 6.42 Å². The summed E-state index contributed by atoms with van der Waals surface area (Å²) in [4.78, 5) is 35.8. The summed E-state index contributed by atoms with van der Waals surface area (Å²) < 4.78 is 11.1. The number of benzene rings is 2. The van der Waals surface area contributed by atoms with Gasteiger partial charge in [-0.25, -0.2) is 0 Å². The van der Waals surface area contributed by atoms with Gasteiger partial charge in [0.1, 0.15) is 0 Å². The van der Waals surface area contributed by atoms with Gasteiger partial charge in [0, 0.05) is 35.6 Å². The predicted octanol–water partition coefficient (Wildman–Crippen LogP) is 4.04. The van der Waals surface area contributed by atoms with Crippen LogP contribution < -0.4 is 15.0 Å². The van der Waals surface area contributed by atoms with Gasteiger partial charge in [-0.3, -0.25) is 14.6 Å². The van der Waals surface area contributed by atoms with Gasteiger partial charge < -0.3 is 19.4 Å². The number of hydrogen-bond acceptors (Lipinski definition) is 5. The second kappa shape index (κ2) is 8.67. The average Bonchev–Trinajstić information content (AvgIpc) is 2.87. The molecule has 5 rings (SSSR count). The zero-order valence-corrected chi connectivity index (χ0v) is 19.3. The lowest BCUT2D eigenvalue weighted by Crippen LogP contribution is -2.42. The summed E-state index contributed by atoms with van der Waals surface area (Å²) in [6.07, 6.45) is 3.83. The summed E-state index contributed by atoms with van der Waals surface area (Å²) in [6.45, 7) is 2.47. The number of aryl methyl sites for hydroxylation is 1. The highest BCUT2D eigenvalue weighted by Gasteiger charge is 2.35. The van der Waals surface area contributed by atoms with Crippen LogP contribution in [0.2, 0.25) is 0 Å². The molecule has 1 aliphatic heterocycles. The SMILES string of the molecule is COc1cc2c(cc1OC)[C@@H](c1cc3cc(C)ccc3[nH]c1=O)N(C(=O)c1ccncc1)CC2. The van der Waals surface area contributed by atoms with Gasteiger partial charge in [0.05, 0.1) is 20.3 Å². The molecule has 0 unspecified atom stereocenters. The Morgan fingerprint density at radius 2 is 1.74 bits per heavy atom. The van der Waals surface area contributed by atoms with Crippen molar-refractivity contribution in [2.75, 3.05) is 20.8 Å². The molecule has 0 bridgehead atoms. The maximum Gasteiger partial charge on any atom is 0.254 e. The van der Waals surface area contributed by atoms with E-state index in [1.165, 1.54) is 0 Å². The number of methoxy groups -OCH3 is 2. The smallest absolute Gasteiger partial charge is 0.254 e. The molecule has 1 N–H and O–H groups in total. The molecule has 0 saturated heterocycles. The van der Waals surface area contributed by atoms with Crippen LogP contribution in [0.5, 0.6) is 11.5 Å². The van der Waals surface area contributed by atoms with Crippen LogP contribution in [0.1, 0.15) is 38.7 Å². The molecule has 3 heterocycles. The number of rotatable bonds is 4. The van der Waals surface area contributed by atoms with Crippen molar-refractivity contribution in [3.05, 3.63) is 99.1 Å². The van der Waals surface area contributed by atoms with Crippen molar-refractivity contribution in [2.45, 2.75) is 19.4 Å². The van der Waals surface area contributed by atoms with Crippen LogP contribution >= 0.6 is 0 Å². The maximum absolute atomic E-state index is 13.6. The molecule has 1 atom stereocenters. The monoisotopic (exact) mass is 455 g/mol. The molecule has 0 aliphatic carbocycles. The third kappa shape index (κ3) is 3.69. The van der Waals surface area contributed by atoms with Gasteiger partial charge >= 0.3 is 0 Å². The number of hydrogen-bond donors (Lipinski definition) is 1. The molecule has 0 fully saturated rings. The van der Waals surface area contributed by atoms with Gasteiger partial charge in [0.15, 0.2) is 11.5 Å². The van der Waals surface area contributed by atoms with Crippen molar-refractivity contribution >= 4 is 16.8 Å². The van der Waals surface area contributed by atoms with E-state index in [1.54, 1.807) is 43.6 Å². The topological polar surface area (TPSA) is 84.5 Å². The zero-order chi connectivity index (χ0) is 23.8. The summed E-state index contributed by atoms with van der Waals surface area (Å²) in [6, 6.07) is 14.4. The first kappa shape index (κ1) is 21.7. The number of aromatic nitrogens is 2. The maximum atomic E-state index is 13.6. The number of H-pyrrole nitrogens is 1. The van der Waals surface area contributed by atoms with E-state index in [-0.39, 0.29) is 11.5 Å². The van der Waals surface area contributed by atoms with Crippen LogP contribution in [0.3, 0.4) is 0 Å². The Bertz CT molecular complexity index is 1450. The molecule has 1 aliphatic rings. The highest BCUT2D eigenvalue weighted by atomic mass is 16.5. The summed E-state index contributed by atoms with van der Waals surface area (Å²) in [5, 5.41) is 0.915. The number of pyridine rings is 2. The lowest BCUT2D eigenvalue weighted by Gasteiger charge is -2.38. The minimum atomic E-state index is -0.585. The second-order valence-corrected chi connectivity index (χ2v) is 8.44. The first-order valence-electron chi connectivity index (χ1n) is 11.1. The number of nitrogens with one attached hydrogen (secondary N) is 1. The Morgan fingerprint density at radius 3 is 2.47 bits per heavy atom. The Kier molecular flexibility index (Phi) is 5.53. The van der Waals surface area contributed by atoms with Gasteiger partial charge in [-0.15, -0.1) is 0 Å². The van der Waals surface area contributed by atoms with E-state index in [9.17, 15) is 9.59 Å². The fourth-order valence-corrected chi connectivity index (χ4v) is 4.71. The van der Waals surface area contributed by atoms with E-state index in [0.29, 0.717) is 35.6 Å². The number of amides is 1. The van der Waals surface area contributed by atoms with Crippen molar-refractivity contribution in [3.8, 4) is 11.5 Å². The number of nitrogens with zero attached hydrogens (tertiary/aromatic N) is 2. The third-order valence-corrected chi connectivity index (χ3v) is 6.38. The molecule has 7 nitrogen and oxygen atoms in total. The minimum Gasteiger partial charge on any atom is -0.493 e. The van der Waals surface area contributed by atoms with Gasteiger partial charge in [-0.2, -0.15) is 0 Å². The van der Waals surface area contributed by atoms with Crippen LogP contribution in [0.15, 0.2) is 65.7 Å². The molecule has 172 valence electrons. The van der Waals surface area contributed by atoms with Crippen molar-refractivity contribution in [2.24, 2.45) is 0 Å². The number of carbonyl (C=O) groups is 1. The molecule has 0 spiro atoms. The van der Waals surface area contributed by atoms with E-state index in [4.69, 9.17) is 9.47 Å². The fraction of sp³-hybridized carbons (Fsp3) is 0.222. The van der Waals surface area contributed by atoms with Crippen molar-refractivity contribution < 1.29 is 14.3 Å². The number of ether oxygens (including phenoxy) is 2. The molecule has 2 aromatic carbocycles. The molecule has 0 saturated carbocycles. The Labute approximate surface area is 197 Å². The zero-order valence-electron chi connectivity index (χ0n) is 19.3. The normalized spacial score (nSPS) is 15.1. The molecular formula is C27H25N3O4. The second-order valence-electron chi connectivity index (χ2n) is 8.44. The molecule has 34 heavy (non-hydrogen) atoms. The van der Waals surface area contributed by atoms with Crippen LogP contribution in [0.4, 0.5) is 0 Å². The van der Waals surface area contributed by atoms with Gasteiger partial charge in [0.25, 0.3) is 11.5 Å². The third-order valence-electron chi connectivity index (χ3n) is 6.38. The van der Waals surface area contributed by atoms with E-state index in [0.717, 1.165) is 27.6 Å². The van der Waals surface area contributed by atoms with Gasteiger partial charge in [-0.1, -0.05) is 11.6 Å². The molecule has 7 heteroatoms. The quantitative estimate of drug-likeness (QED) is 0.502. The summed E-state index contributed by atoms with van der Waals surface area (Å²) >= 11 is 0. The Balaban J connectivity index is 1.74. The summed E-state index contributed by atoms with van der Waals surface area (Å²) in [7, 11) is 3.17. The number of carbonyl (C=O) groups excluding carboxylic acids is 1. The van der Waals surface area contributed by atoms with Crippen molar-refractivity contribution in [1.82, 2.24) is 14.9 Å². The average molecular weight is 456 g/mol. The van der Waals surface area contributed by atoms with E-state index in [2.05, 4.69) is 9.97 Å². The Hall–Kier alpha value is -4.13. The Morgan fingerprint density at radius 1 is 1.00 bits per heavy atom. The molecule has 1 amide bonds. The first-order chi connectivity index (χ1) is 16.5. The van der Waals surface area contributed by atoms with Crippen LogP contribution in [0, 0.1) is 6.92 Å².